The van der Waals surface area contributed by atoms with Gasteiger partial charge in [0, 0.05) is 26.2 Å². The predicted molar refractivity (Wildman–Crippen MR) is 119 cm³/mol. The molecule has 8 nitrogen and oxygen atoms in total. The maximum absolute atomic E-state index is 15.3. The molecule has 1 aromatic heterocycles. The van der Waals surface area contributed by atoms with Crippen LogP contribution in [0.3, 0.4) is 0 Å². The number of nitrogens with two attached hydrogens (primary N) is 1. The van der Waals surface area contributed by atoms with Crippen LogP contribution < -0.4 is 10.6 Å². The Bertz CT molecular complexity index is 926. The van der Waals surface area contributed by atoms with Gasteiger partial charge in [0.1, 0.15) is 6.33 Å². The molecule has 32 heavy (non-hydrogen) atoms. The zero-order valence-electron chi connectivity index (χ0n) is 18.7. The summed E-state index contributed by atoms with van der Waals surface area (Å²) in [5.74, 6) is -0.767. The lowest BCUT2D eigenvalue weighted by Crippen LogP contribution is -2.56. The van der Waals surface area contributed by atoms with Crippen molar-refractivity contribution in [2.24, 2.45) is 5.73 Å². The summed E-state index contributed by atoms with van der Waals surface area (Å²) in [7, 11) is 0. The molecule has 1 aromatic carbocycles. The van der Waals surface area contributed by atoms with Crippen LogP contribution in [0.4, 0.5) is 10.2 Å². The van der Waals surface area contributed by atoms with Crippen molar-refractivity contribution < 1.29 is 19.4 Å². The predicted octanol–water partition coefficient (Wildman–Crippen LogP) is 1.17. The van der Waals surface area contributed by atoms with E-state index in [9.17, 15) is 15.0 Å². The molecule has 1 aliphatic heterocycles. The summed E-state index contributed by atoms with van der Waals surface area (Å²) < 4.78 is 15.3. The van der Waals surface area contributed by atoms with Gasteiger partial charge in [-0.25, -0.2) is 14.4 Å². The molecular formula is C23H32FN5O3. The average Bonchev–Trinajstić information content (AvgIpc) is 2.75. The highest BCUT2D eigenvalue weighted by Crippen LogP contribution is 2.29. The van der Waals surface area contributed by atoms with Gasteiger partial charge in [0.05, 0.1) is 23.9 Å². The Hall–Kier alpha value is -2.62. The number of anilines is 1. The Morgan fingerprint density at radius 2 is 2.06 bits per heavy atom. The van der Waals surface area contributed by atoms with E-state index >= 15 is 4.39 Å². The summed E-state index contributed by atoms with van der Waals surface area (Å²) in [6, 6.07) is 8.07. The number of β-amino-alcohol motifs (C(OH)–C–C–N with tert-alkyl or cyclic N) is 1. The normalized spacial score (nSPS) is 21.5. The van der Waals surface area contributed by atoms with Crippen molar-refractivity contribution in [2.45, 2.75) is 51.4 Å². The molecule has 1 aliphatic rings. The first-order chi connectivity index (χ1) is 15.2. The zero-order valence-corrected chi connectivity index (χ0v) is 18.7. The number of likely N-dealkylation sites (tertiary alicyclic amines) is 1. The van der Waals surface area contributed by atoms with Crippen LogP contribution in [0.15, 0.2) is 30.6 Å². The molecule has 174 valence electrons. The Morgan fingerprint density at radius 1 is 1.34 bits per heavy atom. The molecule has 2 heterocycles. The second-order valence-corrected chi connectivity index (χ2v) is 8.53. The number of hydrogen-bond donors (Lipinski definition) is 3. The van der Waals surface area contributed by atoms with Crippen molar-refractivity contribution in [3.05, 3.63) is 53.2 Å². The molecule has 2 atom stereocenters. The van der Waals surface area contributed by atoms with Gasteiger partial charge in [0.25, 0.3) is 0 Å². The lowest BCUT2D eigenvalue weighted by molar-refractivity contribution is -0.132. The SMILES string of the molecule is CCN(Cc1ccc(C)cc1)c1ncnc(CC[C@]2(O)CCN(CC(N)=O)C[C@H]2O)c1F. The third-order valence-electron chi connectivity index (χ3n) is 6.11. The standard InChI is InChI=1S/C23H32FN5O3/c1-3-29(12-17-6-4-16(2)5-7-17)22-21(24)18(26-15-27-22)8-9-23(32)10-11-28(13-19(23)30)14-20(25)31/h4-7,15,19,30,32H,3,8-14H2,1-2H3,(H2,25,31)/t19-,23+/m1/s1. The Balaban J connectivity index is 1.68. The quantitative estimate of drug-likeness (QED) is 0.531. The number of aryl methyl sites for hydroxylation is 2. The van der Waals surface area contributed by atoms with Gasteiger partial charge in [-0.3, -0.25) is 9.69 Å². The maximum atomic E-state index is 15.3. The molecule has 1 fully saturated rings. The van der Waals surface area contributed by atoms with Crippen molar-refractivity contribution >= 4 is 11.7 Å². The van der Waals surface area contributed by atoms with Crippen LogP contribution in [0.1, 0.15) is 36.6 Å². The molecule has 0 radical (unpaired) electrons. The van der Waals surface area contributed by atoms with Crippen LogP contribution >= 0.6 is 0 Å². The number of primary amides is 1. The van der Waals surface area contributed by atoms with Gasteiger partial charge in [-0.05, 0) is 38.7 Å². The molecule has 1 saturated heterocycles. The van der Waals surface area contributed by atoms with Crippen LogP contribution in [0, 0.1) is 12.7 Å². The first-order valence-electron chi connectivity index (χ1n) is 10.9. The van der Waals surface area contributed by atoms with Gasteiger partial charge in [-0.1, -0.05) is 29.8 Å². The third kappa shape index (κ3) is 5.79. The molecule has 0 spiro atoms. The number of aliphatic hydroxyl groups is 2. The van der Waals surface area contributed by atoms with E-state index in [1.165, 1.54) is 6.33 Å². The van der Waals surface area contributed by atoms with Gasteiger partial charge < -0.3 is 20.8 Å². The van der Waals surface area contributed by atoms with Crippen LogP contribution in [-0.2, 0) is 17.8 Å². The van der Waals surface area contributed by atoms with E-state index in [1.54, 1.807) is 4.90 Å². The number of aromatic nitrogens is 2. The number of rotatable bonds is 9. The first kappa shape index (κ1) is 24.0. The summed E-state index contributed by atoms with van der Waals surface area (Å²) in [5, 5.41) is 21.4. The minimum absolute atomic E-state index is 0.0326. The van der Waals surface area contributed by atoms with Gasteiger partial charge in [-0.15, -0.1) is 0 Å². The van der Waals surface area contributed by atoms with E-state index in [0.717, 1.165) is 11.1 Å². The highest BCUT2D eigenvalue weighted by atomic mass is 19.1. The monoisotopic (exact) mass is 445 g/mol. The Labute approximate surface area is 187 Å². The summed E-state index contributed by atoms with van der Waals surface area (Å²) in [6.07, 6.45) is 0.841. The van der Waals surface area contributed by atoms with E-state index in [0.29, 0.717) is 19.6 Å². The number of piperidine rings is 1. The van der Waals surface area contributed by atoms with E-state index < -0.39 is 23.4 Å². The number of nitrogens with zero attached hydrogens (tertiary/aromatic N) is 4. The van der Waals surface area contributed by atoms with Crippen LogP contribution in [0.25, 0.3) is 0 Å². The highest BCUT2D eigenvalue weighted by Gasteiger charge is 2.40. The lowest BCUT2D eigenvalue weighted by atomic mass is 9.84. The zero-order chi connectivity index (χ0) is 23.3. The number of hydrogen-bond acceptors (Lipinski definition) is 7. The summed E-state index contributed by atoms with van der Waals surface area (Å²) in [5.41, 5.74) is 6.25. The van der Waals surface area contributed by atoms with E-state index in [4.69, 9.17) is 5.73 Å². The number of benzene rings is 1. The van der Waals surface area contributed by atoms with E-state index in [2.05, 4.69) is 9.97 Å². The largest absolute Gasteiger partial charge is 0.389 e. The maximum Gasteiger partial charge on any atom is 0.231 e. The topological polar surface area (TPSA) is 116 Å². The fourth-order valence-corrected chi connectivity index (χ4v) is 4.06. The third-order valence-corrected chi connectivity index (χ3v) is 6.11. The summed E-state index contributed by atoms with van der Waals surface area (Å²) in [6.45, 7) is 5.64. The van der Waals surface area contributed by atoms with E-state index in [-0.39, 0.29) is 43.9 Å². The Kier molecular flexibility index (Phi) is 7.76. The number of carbonyl (C=O) groups excluding carboxylic acids is 1. The van der Waals surface area contributed by atoms with Crippen LogP contribution in [-0.4, -0.2) is 68.9 Å². The molecular weight excluding hydrogens is 413 g/mol. The van der Waals surface area contributed by atoms with E-state index in [1.807, 2.05) is 43.0 Å². The molecule has 9 heteroatoms. The van der Waals surface area contributed by atoms with Crippen molar-refractivity contribution in [3.63, 3.8) is 0 Å². The summed E-state index contributed by atoms with van der Waals surface area (Å²) >= 11 is 0. The van der Waals surface area contributed by atoms with Crippen molar-refractivity contribution in [1.82, 2.24) is 14.9 Å². The lowest BCUT2D eigenvalue weighted by Gasteiger charge is -2.41. The second-order valence-electron chi connectivity index (χ2n) is 8.53. The first-order valence-corrected chi connectivity index (χ1v) is 10.9. The second kappa shape index (κ2) is 10.3. The van der Waals surface area contributed by atoms with Crippen molar-refractivity contribution in [3.8, 4) is 0 Å². The minimum Gasteiger partial charge on any atom is -0.389 e. The van der Waals surface area contributed by atoms with Gasteiger partial charge in [0.2, 0.25) is 5.91 Å². The van der Waals surface area contributed by atoms with Crippen molar-refractivity contribution in [1.29, 1.82) is 0 Å². The molecule has 0 saturated carbocycles. The summed E-state index contributed by atoms with van der Waals surface area (Å²) in [4.78, 5) is 22.9. The average molecular weight is 446 g/mol. The molecule has 3 rings (SSSR count). The van der Waals surface area contributed by atoms with Gasteiger partial charge in [-0.2, -0.15) is 0 Å². The number of carbonyl (C=O) groups is 1. The molecule has 0 unspecified atom stereocenters. The Morgan fingerprint density at radius 3 is 2.69 bits per heavy atom. The smallest absolute Gasteiger partial charge is 0.231 e. The number of amides is 1. The van der Waals surface area contributed by atoms with Gasteiger partial charge >= 0.3 is 0 Å². The molecule has 2 aromatic rings. The fourth-order valence-electron chi connectivity index (χ4n) is 4.06. The number of aliphatic hydroxyl groups excluding tert-OH is 1. The van der Waals surface area contributed by atoms with Gasteiger partial charge in [0.15, 0.2) is 11.6 Å². The minimum atomic E-state index is -1.38. The van der Waals surface area contributed by atoms with Crippen LogP contribution in [0.2, 0.25) is 0 Å². The molecule has 0 bridgehead atoms. The van der Waals surface area contributed by atoms with Crippen molar-refractivity contribution in [2.75, 3.05) is 31.1 Å². The molecule has 0 aliphatic carbocycles. The molecule has 4 N–H and O–H groups in total. The highest BCUT2D eigenvalue weighted by molar-refractivity contribution is 5.75. The number of halogens is 1. The molecule has 1 amide bonds. The fraction of sp³-hybridized carbons (Fsp3) is 0.522. The van der Waals surface area contributed by atoms with Crippen LogP contribution in [0.5, 0.6) is 0 Å².